The summed E-state index contributed by atoms with van der Waals surface area (Å²) in [7, 11) is 3.36. The molecule has 0 bridgehead atoms. The van der Waals surface area contributed by atoms with Crippen molar-refractivity contribution in [2.45, 2.75) is 25.4 Å². The van der Waals surface area contributed by atoms with Crippen LogP contribution in [0.1, 0.15) is 30.3 Å². The standard InChI is InChI=1S/C23H23N3O4/c1-28-14-9-10-18(29-2)16(12-14)17-7-5-11-26(17)13-20-24-21-15-6-3-4-8-19(15)30-22(21)23(27)25-20/h3-4,6,8-10,12,17H,5,7,11,13H2,1-2H3,(H,24,25,27)/p+1/t17-/m0/s1. The van der Waals surface area contributed by atoms with Crippen LogP contribution in [-0.2, 0) is 6.54 Å². The number of quaternary nitrogens is 1. The summed E-state index contributed by atoms with van der Waals surface area (Å²) in [5.74, 6) is 2.34. The van der Waals surface area contributed by atoms with Crippen molar-refractivity contribution in [1.29, 1.82) is 0 Å². The zero-order valence-electron chi connectivity index (χ0n) is 17.0. The highest BCUT2D eigenvalue weighted by molar-refractivity contribution is 6.01. The highest BCUT2D eigenvalue weighted by atomic mass is 16.5. The Morgan fingerprint density at radius 1 is 1.20 bits per heavy atom. The Morgan fingerprint density at radius 2 is 2.07 bits per heavy atom. The van der Waals surface area contributed by atoms with E-state index in [4.69, 9.17) is 18.9 Å². The van der Waals surface area contributed by atoms with Crippen molar-refractivity contribution in [3.63, 3.8) is 0 Å². The number of ether oxygens (including phenoxy) is 2. The van der Waals surface area contributed by atoms with Crippen molar-refractivity contribution < 1.29 is 18.8 Å². The monoisotopic (exact) mass is 406 g/mol. The van der Waals surface area contributed by atoms with Crippen molar-refractivity contribution in [3.05, 3.63) is 64.2 Å². The Kier molecular flexibility index (Phi) is 4.67. The molecule has 0 saturated carbocycles. The molecule has 2 N–H and O–H groups in total. The number of methoxy groups -OCH3 is 2. The fourth-order valence-corrected chi connectivity index (χ4v) is 4.56. The van der Waals surface area contributed by atoms with Crippen LogP contribution in [0.5, 0.6) is 11.5 Å². The number of hydrogen-bond acceptors (Lipinski definition) is 5. The molecule has 154 valence electrons. The first-order valence-electron chi connectivity index (χ1n) is 10.1. The third kappa shape index (κ3) is 3.11. The first-order chi connectivity index (χ1) is 14.7. The molecule has 0 radical (unpaired) electrons. The lowest BCUT2D eigenvalue weighted by atomic mass is 10.0. The molecule has 5 rings (SSSR count). The van der Waals surface area contributed by atoms with E-state index in [9.17, 15) is 4.79 Å². The number of H-pyrrole nitrogens is 1. The fraction of sp³-hybridized carbons (Fsp3) is 0.304. The molecule has 30 heavy (non-hydrogen) atoms. The number of nitrogens with one attached hydrogen (secondary N) is 2. The van der Waals surface area contributed by atoms with Gasteiger partial charge in [-0.15, -0.1) is 0 Å². The highest BCUT2D eigenvalue weighted by Crippen LogP contribution is 2.32. The van der Waals surface area contributed by atoms with Gasteiger partial charge in [-0.2, -0.15) is 0 Å². The van der Waals surface area contributed by atoms with Gasteiger partial charge < -0.3 is 23.8 Å². The normalized spacial score (nSPS) is 18.9. The number of fused-ring (bicyclic) bond motifs is 3. The zero-order valence-corrected chi connectivity index (χ0v) is 17.0. The molecular formula is C23H24N3O4+. The van der Waals surface area contributed by atoms with Crippen LogP contribution in [0, 0.1) is 0 Å². The molecule has 1 unspecified atom stereocenters. The maximum Gasteiger partial charge on any atom is 0.294 e. The lowest BCUT2D eigenvalue weighted by Crippen LogP contribution is -3.09. The molecule has 0 spiro atoms. The van der Waals surface area contributed by atoms with Crippen molar-refractivity contribution in [1.82, 2.24) is 9.97 Å². The zero-order chi connectivity index (χ0) is 20.7. The number of para-hydroxylation sites is 1. The van der Waals surface area contributed by atoms with Gasteiger partial charge in [-0.1, -0.05) is 12.1 Å². The molecular weight excluding hydrogens is 382 g/mol. The van der Waals surface area contributed by atoms with E-state index in [0.717, 1.165) is 41.8 Å². The van der Waals surface area contributed by atoms with Crippen LogP contribution >= 0.6 is 0 Å². The van der Waals surface area contributed by atoms with Gasteiger partial charge in [0.15, 0.2) is 5.82 Å². The second kappa shape index (κ2) is 7.50. The van der Waals surface area contributed by atoms with Crippen LogP contribution in [0.4, 0.5) is 0 Å². The number of benzene rings is 2. The first-order valence-corrected chi connectivity index (χ1v) is 10.1. The van der Waals surface area contributed by atoms with E-state index in [1.54, 1.807) is 14.2 Å². The number of hydrogen-bond donors (Lipinski definition) is 2. The van der Waals surface area contributed by atoms with Crippen LogP contribution < -0.4 is 19.9 Å². The number of aromatic nitrogens is 2. The van der Waals surface area contributed by atoms with E-state index >= 15 is 0 Å². The predicted molar refractivity (Wildman–Crippen MR) is 113 cm³/mol. The molecule has 3 heterocycles. The average Bonchev–Trinajstić information content (AvgIpc) is 3.38. The third-order valence-corrected chi connectivity index (χ3v) is 5.97. The maximum absolute atomic E-state index is 12.6. The van der Waals surface area contributed by atoms with Gasteiger partial charge in [0.05, 0.1) is 26.3 Å². The molecule has 1 saturated heterocycles. The molecule has 0 amide bonds. The molecule has 4 aromatic rings. The fourth-order valence-electron chi connectivity index (χ4n) is 4.56. The summed E-state index contributed by atoms with van der Waals surface area (Å²) in [6, 6.07) is 13.8. The highest BCUT2D eigenvalue weighted by Gasteiger charge is 2.33. The van der Waals surface area contributed by atoms with Crippen LogP contribution in [0.3, 0.4) is 0 Å². The van der Waals surface area contributed by atoms with Crippen LogP contribution in [0.15, 0.2) is 51.7 Å². The average molecular weight is 406 g/mol. The molecule has 1 aliphatic rings. The van der Waals surface area contributed by atoms with E-state index < -0.39 is 0 Å². The summed E-state index contributed by atoms with van der Waals surface area (Å²) < 4.78 is 16.8. The van der Waals surface area contributed by atoms with E-state index in [1.807, 2.05) is 36.4 Å². The molecule has 2 aromatic carbocycles. The third-order valence-electron chi connectivity index (χ3n) is 5.97. The van der Waals surface area contributed by atoms with Gasteiger partial charge in [-0.25, -0.2) is 4.98 Å². The van der Waals surface area contributed by atoms with Crippen LogP contribution in [-0.4, -0.2) is 30.7 Å². The summed E-state index contributed by atoms with van der Waals surface area (Å²) in [6.07, 6.45) is 2.14. The SMILES string of the molecule is COc1ccc(OC)c([C@@H]2CCC[NH+]2Cc2nc3c(oc4ccccc43)c(=O)[nH]2)c1. The summed E-state index contributed by atoms with van der Waals surface area (Å²) in [4.78, 5) is 21.7. The van der Waals surface area contributed by atoms with Crippen molar-refractivity contribution >= 4 is 22.1 Å². The van der Waals surface area contributed by atoms with Crippen molar-refractivity contribution in [2.24, 2.45) is 0 Å². The maximum atomic E-state index is 12.6. The molecule has 1 fully saturated rings. The van der Waals surface area contributed by atoms with E-state index in [1.165, 1.54) is 4.90 Å². The van der Waals surface area contributed by atoms with Crippen LogP contribution in [0.25, 0.3) is 22.1 Å². The quantitative estimate of drug-likeness (QED) is 0.533. The molecule has 7 heteroatoms. The lowest BCUT2D eigenvalue weighted by molar-refractivity contribution is -0.932. The van der Waals surface area contributed by atoms with Crippen molar-refractivity contribution in [2.75, 3.05) is 20.8 Å². The molecule has 2 atom stereocenters. The molecule has 1 aliphatic heterocycles. The summed E-state index contributed by atoms with van der Waals surface area (Å²) in [5.41, 5.74) is 2.47. The smallest absolute Gasteiger partial charge is 0.294 e. The Bertz CT molecular complexity index is 1280. The van der Waals surface area contributed by atoms with Gasteiger partial charge in [-0.3, -0.25) is 4.79 Å². The molecule has 0 aliphatic carbocycles. The van der Waals surface area contributed by atoms with Gasteiger partial charge in [0, 0.05) is 18.2 Å². The van der Waals surface area contributed by atoms with Gasteiger partial charge >= 0.3 is 0 Å². The Labute approximate surface area is 173 Å². The summed E-state index contributed by atoms with van der Waals surface area (Å²) >= 11 is 0. The number of likely N-dealkylation sites (tertiary alicyclic amines) is 1. The second-order valence-corrected chi connectivity index (χ2v) is 7.68. The molecule has 2 aromatic heterocycles. The predicted octanol–water partition coefficient (Wildman–Crippen LogP) is 2.61. The minimum absolute atomic E-state index is 0.236. The van der Waals surface area contributed by atoms with Crippen molar-refractivity contribution in [3.8, 4) is 11.5 Å². The number of furan rings is 1. The topological polar surface area (TPSA) is 81.8 Å². The van der Waals surface area contributed by atoms with Gasteiger partial charge in [0.25, 0.3) is 5.56 Å². The first kappa shape index (κ1) is 18.7. The van der Waals surface area contributed by atoms with Crippen LogP contribution in [0.2, 0.25) is 0 Å². The Morgan fingerprint density at radius 3 is 2.90 bits per heavy atom. The summed E-state index contributed by atoms with van der Waals surface area (Å²) in [6.45, 7) is 1.62. The second-order valence-electron chi connectivity index (χ2n) is 7.68. The largest absolute Gasteiger partial charge is 0.497 e. The van der Waals surface area contributed by atoms with E-state index in [-0.39, 0.29) is 17.2 Å². The number of rotatable bonds is 5. The summed E-state index contributed by atoms with van der Waals surface area (Å²) in [5, 5.41) is 0.863. The van der Waals surface area contributed by atoms with Gasteiger partial charge in [0.2, 0.25) is 5.58 Å². The Balaban J connectivity index is 1.52. The number of aromatic amines is 1. The van der Waals surface area contributed by atoms with Gasteiger partial charge in [0.1, 0.15) is 35.2 Å². The lowest BCUT2D eigenvalue weighted by Gasteiger charge is -2.23. The Hall–Kier alpha value is -3.32. The van der Waals surface area contributed by atoms with E-state index in [0.29, 0.717) is 23.5 Å². The van der Waals surface area contributed by atoms with E-state index in [2.05, 4.69) is 11.1 Å². The van der Waals surface area contributed by atoms with Gasteiger partial charge in [-0.05, 0) is 30.3 Å². The minimum atomic E-state index is -0.236. The molecule has 7 nitrogen and oxygen atoms in total. The minimum Gasteiger partial charge on any atom is -0.497 e. The number of nitrogens with zero attached hydrogens (tertiary/aromatic N) is 1.